The zero-order valence-electron chi connectivity index (χ0n) is 15.2. The average molecular weight is 372 g/mol. The molecule has 0 amide bonds. The molecule has 2 heterocycles. The van der Waals surface area contributed by atoms with Crippen LogP contribution in [0.2, 0.25) is 0 Å². The van der Waals surface area contributed by atoms with Crippen molar-refractivity contribution in [3.8, 4) is 0 Å². The van der Waals surface area contributed by atoms with Gasteiger partial charge in [0.15, 0.2) is 12.4 Å². The van der Waals surface area contributed by atoms with Crippen LogP contribution < -0.4 is 11.2 Å². The van der Waals surface area contributed by atoms with E-state index < -0.39 is 41.1 Å². The highest BCUT2D eigenvalue weighted by atomic mass is 19.1. The molecule has 142 valence electrons. The molecule has 3 rings (SSSR count). The van der Waals surface area contributed by atoms with Gasteiger partial charge in [-0.15, -0.1) is 6.58 Å². The fraction of sp³-hybridized carbons (Fsp3) is 0.350. The standard InChI is InChI=1S/C20H21FN2O4/c1-4-20(5-2)13(3)16(21)18(27-20)22-12-11-15(24)23(19(22)26)17(25)14-9-7-6-8-10-14/h4,6-13,16,18H,1,5H2,2-3H3/t13-,16-,18+,20+/m0/s1. The van der Waals surface area contributed by atoms with Crippen LogP contribution in [0.4, 0.5) is 4.39 Å². The maximum Gasteiger partial charge on any atom is 0.340 e. The molecule has 1 aliphatic heterocycles. The monoisotopic (exact) mass is 372 g/mol. The van der Waals surface area contributed by atoms with Gasteiger partial charge in [0.1, 0.15) is 0 Å². The lowest BCUT2D eigenvalue weighted by Gasteiger charge is -2.27. The average Bonchev–Trinajstić information content (AvgIpc) is 2.94. The number of rotatable bonds is 4. The summed E-state index contributed by atoms with van der Waals surface area (Å²) < 4.78 is 22.3. The predicted molar refractivity (Wildman–Crippen MR) is 98.5 cm³/mol. The van der Waals surface area contributed by atoms with Crippen LogP contribution in [0.1, 0.15) is 36.9 Å². The number of halogens is 1. The Morgan fingerprint density at radius 2 is 1.96 bits per heavy atom. The van der Waals surface area contributed by atoms with E-state index >= 15 is 0 Å². The van der Waals surface area contributed by atoms with Crippen molar-refractivity contribution < 1.29 is 13.9 Å². The van der Waals surface area contributed by atoms with Crippen molar-refractivity contribution in [3.05, 3.63) is 81.7 Å². The smallest absolute Gasteiger partial charge is 0.340 e. The molecule has 0 saturated carbocycles. The van der Waals surface area contributed by atoms with Gasteiger partial charge in [0.05, 0.1) is 5.60 Å². The Morgan fingerprint density at radius 1 is 1.30 bits per heavy atom. The second-order valence-electron chi connectivity index (χ2n) is 6.60. The first-order chi connectivity index (χ1) is 12.9. The zero-order valence-corrected chi connectivity index (χ0v) is 15.2. The van der Waals surface area contributed by atoms with E-state index in [1.54, 1.807) is 31.2 Å². The summed E-state index contributed by atoms with van der Waals surface area (Å²) in [5.41, 5.74) is -2.46. The number of aromatic nitrogens is 2. The van der Waals surface area contributed by atoms with Gasteiger partial charge in [0.25, 0.3) is 11.5 Å². The quantitative estimate of drug-likeness (QED) is 0.774. The van der Waals surface area contributed by atoms with Crippen LogP contribution in [0, 0.1) is 5.92 Å². The Kier molecular flexibility index (Phi) is 4.97. The molecule has 0 radical (unpaired) electrons. The fourth-order valence-electron chi connectivity index (χ4n) is 3.49. The Bertz CT molecular complexity index is 981. The highest BCUT2D eigenvalue weighted by Gasteiger charge is 2.51. The molecule has 6 nitrogen and oxygen atoms in total. The van der Waals surface area contributed by atoms with Gasteiger partial charge in [-0.25, -0.2) is 9.18 Å². The molecule has 27 heavy (non-hydrogen) atoms. The Balaban J connectivity index is 2.10. The first-order valence-corrected chi connectivity index (χ1v) is 8.75. The van der Waals surface area contributed by atoms with Crippen molar-refractivity contribution >= 4 is 5.91 Å². The van der Waals surface area contributed by atoms with E-state index in [9.17, 15) is 18.8 Å². The Labute approximate surface area is 155 Å². The molecule has 0 N–H and O–H groups in total. The maximum atomic E-state index is 15.0. The van der Waals surface area contributed by atoms with Gasteiger partial charge in [-0.2, -0.15) is 4.57 Å². The molecule has 1 fully saturated rings. The summed E-state index contributed by atoms with van der Waals surface area (Å²) in [5.74, 6) is -1.31. The minimum Gasteiger partial charge on any atom is -0.344 e. The lowest BCUT2D eigenvalue weighted by Crippen LogP contribution is -2.45. The van der Waals surface area contributed by atoms with E-state index in [0.29, 0.717) is 11.0 Å². The molecular weight excluding hydrogens is 351 g/mol. The first kappa shape index (κ1) is 19.0. The van der Waals surface area contributed by atoms with Crippen LogP contribution in [0.15, 0.2) is 64.8 Å². The third-order valence-electron chi connectivity index (χ3n) is 5.27. The minimum atomic E-state index is -1.50. The maximum absolute atomic E-state index is 15.0. The highest BCUT2D eigenvalue weighted by Crippen LogP contribution is 2.45. The summed E-state index contributed by atoms with van der Waals surface area (Å²) >= 11 is 0. The number of carbonyl (C=O) groups excluding carboxylic acids is 1. The van der Waals surface area contributed by atoms with Crippen LogP contribution in [-0.4, -0.2) is 26.8 Å². The van der Waals surface area contributed by atoms with Crippen LogP contribution in [0.3, 0.4) is 0 Å². The molecule has 4 atom stereocenters. The van der Waals surface area contributed by atoms with E-state index in [2.05, 4.69) is 6.58 Å². The number of alkyl halides is 1. The molecule has 0 aliphatic carbocycles. The van der Waals surface area contributed by atoms with E-state index in [1.165, 1.54) is 12.1 Å². The van der Waals surface area contributed by atoms with Gasteiger partial charge in [-0.05, 0) is 18.6 Å². The Morgan fingerprint density at radius 3 is 2.52 bits per heavy atom. The van der Waals surface area contributed by atoms with Gasteiger partial charge < -0.3 is 4.74 Å². The lowest BCUT2D eigenvalue weighted by molar-refractivity contribution is -0.0643. The third kappa shape index (κ3) is 2.98. The molecule has 0 unspecified atom stereocenters. The molecule has 1 saturated heterocycles. The number of carbonyl (C=O) groups is 1. The summed E-state index contributed by atoms with van der Waals surface area (Å²) in [7, 11) is 0. The van der Waals surface area contributed by atoms with E-state index in [4.69, 9.17) is 4.74 Å². The molecule has 0 bridgehead atoms. The predicted octanol–water partition coefficient (Wildman–Crippen LogP) is 2.54. The second kappa shape index (κ2) is 7.08. The molecule has 2 aromatic rings. The SMILES string of the molecule is C=C[C@]1(CC)O[C@@H](n2ccc(=O)n(C(=O)c3ccccc3)c2=O)[C@@H](F)[C@@H]1C. The van der Waals surface area contributed by atoms with E-state index in [0.717, 1.165) is 16.8 Å². The number of ether oxygens (including phenoxy) is 1. The number of benzene rings is 1. The lowest BCUT2D eigenvalue weighted by atomic mass is 9.85. The van der Waals surface area contributed by atoms with Gasteiger partial charge >= 0.3 is 5.69 Å². The van der Waals surface area contributed by atoms with Crippen molar-refractivity contribution in [2.45, 2.75) is 38.3 Å². The summed E-state index contributed by atoms with van der Waals surface area (Å²) in [6.07, 6.45) is 0.434. The fourth-order valence-corrected chi connectivity index (χ4v) is 3.49. The van der Waals surface area contributed by atoms with Crippen LogP contribution in [-0.2, 0) is 4.74 Å². The normalized spacial score (nSPS) is 27.4. The van der Waals surface area contributed by atoms with Crippen molar-refractivity contribution in [1.29, 1.82) is 0 Å². The summed E-state index contributed by atoms with van der Waals surface area (Å²) in [5, 5.41) is 0. The van der Waals surface area contributed by atoms with Crippen LogP contribution >= 0.6 is 0 Å². The van der Waals surface area contributed by atoms with Crippen molar-refractivity contribution in [1.82, 2.24) is 9.13 Å². The largest absolute Gasteiger partial charge is 0.344 e. The summed E-state index contributed by atoms with van der Waals surface area (Å²) in [6.45, 7) is 7.26. The van der Waals surface area contributed by atoms with Crippen LogP contribution in [0.25, 0.3) is 0 Å². The topological polar surface area (TPSA) is 70.3 Å². The van der Waals surface area contributed by atoms with Crippen molar-refractivity contribution in [3.63, 3.8) is 0 Å². The van der Waals surface area contributed by atoms with Gasteiger partial charge in [-0.3, -0.25) is 14.2 Å². The molecule has 1 aromatic heterocycles. The third-order valence-corrected chi connectivity index (χ3v) is 5.27. The minimum absolute atomic E-state index is 0.181. The molecular formula is C20H21FN2O4. The number of hydrogen-bond acceptors (Lipinski definition) is 4. The molecule has 0 spiro atoms. The highest BCUT2D eigenvalue weighted by molar-refractivity contribution is 5.95. The molecule has 1 aromatic carbocycles. The molecule has 7 heteroatoms. The van der Waals surface area contributed by atoms with Crippen LogP contribution in [0.5, 0.6) is 0 Å². The first-order valence-electron chi connectivity index (χ1n) is 8.75. The summed E-state index contributed by atoms with van der Waals surface area (Å²) in [4.78, 5) is 37.7. The van der Waals surface area contributed by atoms with E-state index in [-0.39, 0.29) is 5.56 Å². The Hall–Kier alpha value is -2.80. The number of hydrogen-bond donors (Lipinski definition) is 0. The number of nitrogens with zero attached hydrogens (tertiary/aromatic N) is 2. The van der Waals surface area contributed by atoms with Crippen molar-refractivity contribution in [2.24, 2.45) is 5.92 Å². The van der Waals surface area contributed by atoms with Gasteiger partial charge in [0.2, 0.25) is 0 Å². The van der Waals surface area contributed by atoms with E-state index in [1.807, 2.05) is 6.92 Å². The molecule has 1 aliphatic rings. The van der Waals surface area contributed by atoms with Gasteiger partial charge in [-0.1, -0.05) is 38.1 Å². The summed E-state index contributed by atoms with van der Waals surface area (Å²) in [6, 6.07) is 9.01. The van der Waals surface area contributed by atoms with Gasteiger partial charge in [0, 0.05) is 23.7 Å². The zero-order chi connectivity index (χ0) is 19.8. The second-order valence-corrected chi connectivity index (χ2v) is 6.60. The van der Waals surface area contributed by atoms with Crippen molar-refractivity contribution in [2.75, 3.05) is 0 Å².